The molecule has 18 heavy (non-hydrogen) atoms. The first kappa shape index (κ1) is 14.9. The standard InChI is InChI=1S/C10H8BrF4NO2/c1-16(18-2)9(17)7-6(11)4-3-5(8(7)12)10(13,14)15/h3-4H,1-2H3. The number of halogens is 5. The fraction of sp³-hybridized carbons (Fsp3) is 0.300. The Kier molecular flexibility index (Phi) is 4.33. The van der Waals surface area contributed by atoms with E-state index in [-0.39, 0.29) is 4.47 Å². The van der Waals surface area contributed by atoms with Crippen LogP contribution in [0.1, 0.15) is 15.9 Å². The molecule has 1 aromatic rings. The van der Waals surface area contributed by atoms with Gasteiger partial charge in [-0.25, -0.2) is 9.45 Å². The molecule has 0 fully saturated rings. The highest BCUT2D eigenvalue weighted by atomic mass is 79.9. The summed E-state index contributed by atoms with van der Waals surface area (Å²) in [6, 6.07) is 1.52. The van der Waals surface area contributed by atoms with Crippen molar-refractivity contribution in [2.24, 2.45) is 0 Å². The first-order valence-electron chi connectivity index (χ1n) is 4.57. The van der Waals surface area contributed by atoms with Gasteiger partial charge in [-0.15, -0.1) is 0 Å². The Hall–Kier alpha value is -1.15. The molecule has 0 spiro atoms. The Morgan fingerprint density at radius 3 is 2.39 bits per heavy atom. The average molecular weight is 330 g/mol. The summed E-state index contributed by atoms with van der Waals surface area (Å²) in [4.78, 5) is 16.2. The van der Waals surface area contributed by atoms with E-state index in [0.717, 1.165) is 20.2 Å². The first-order valence-corrected chi connectivity index (χ1v) is 5.36. The van der Waals surface area contributed by atoms with E-state index in [1.54, 1.807) is 0 Å². The number of rotatable bonds is 2. The Morgan fingerprint density at radius 2 is 1.94 bits per heavy atom. The fourth-order valence-electron chi connectivity index (χ4n) is 1.21. The van der Waals surface area contributed by atoms with Crippen LogP contribution in [0.25, 0.3) is 0 Å². The SMILES string of the molecule is CON(C)C(=O)c1c(Br)ccc(C(F)(F)F)c1F. The Labute approximate surface area is 108 Å². The van der Waals surface area contributed by atoms with Gasteiger partial charge in [-0.2, -0.15) is 13.2 Å². The van der Waals surface area contributed by atoms with Crippen molar-refractivity contribution >= 4 is 21.8 Å². The minimum atomic E-state index is -4.87. The molecule has 3 nitrogen and oxygen atoms in total. The maximum Gasteiger partial charge on any atom is 0.419 e. The van der Waals surface area contributed by atoms with Gasteiger partial charge in [-0.05, 0) is 28.1 Å². The summed E-state index contributed by atoms with van der Waals surface area (Å²) in [6.45, 7) is 0. The molecule has 0 N–H and O–H groups in total. The van der Waals surface area contributed by atoms with E-state index in [9.17, 15) is 22.4 Å². The molecule has 0 atom stereocenters. The zero-order chi connectivity index (χ0) is 14.1. The Bertz CT molecular complexity index is 476. The number of nitrogens with zero attached hydrogens (tertiary/aromatic N) is 1. The second-order valence-corrected chi connectivity index (χ2v) is 4.12. The van der Waals surface area contributed by atoms with Gasteiger partial charge >= 0.3 is 6.18 Å². The molecular formula is C10H8BrF4NO2. The van der Waals surface area contributed by atoms with E-state index in [4.69, 9.17) is 0 Å². The van der Waals surface area contributed by atoms with Crippen LogP contribution in [-0.2, 0) is 11.0 Å². The van der Waals surface area contributed by atoms with Crippen LogP contribution in [0, 0.1) is 5.82 Å². The predicted octanol–water partition coefficient (Wildman–Crippen LogP) is 3.24. The van der Waals surface area contributed by atoms with Gasteiger partial charge in [0.2, 0.25) is 0 Å². The zero-order valence-electron chi connectivity index (χ0n) is 9.31. The molecule has 0 heterocycles. The Balaban J connectivity index is 3.40. The van der Waals surface area contributed by atoms with Crippen molar-refractivity contribution in [2.75, 3.05) is 14.2 Å². The monoisotopic (exact) mass is 329 g/mol. The van der Waals surface area contributed by atoms with Gasteiger partial charge in [0, 0.05) is 11.5 Å². The quantitative estimate of drug-likeness (QED) is 0.615. The molecule has 8 heteroatoms. The number of alkyl halides is 3. The summed E-state index contributed by atoms with van der Waals surface area (Å²) in [6.07, 6.45) is -4.87. The second-order valence-electron chi connectivity index (χ2n) is 3.27. The third kappa shape index (κ3) is 2.81. The molecule has 1 rings (SSSR count). The molecule has 0 aromatic heterocycles. The van der Waals surface area contributed by atoms with Crippen molar-refractivity contribution in [2.45, 2.75) is 6.18 Å². The first-order chi connectivity index (χ1) is 8.20. The molecule has 0 radical (unpaired) electrons. The van der Waals surface area contributed by atoms with Crippen LogP contribution >= 0.6 is 15.9 Å². The third-order valence-corrected chi connectivity index (χ3v) is 2.83. The van der Waals surface area contributed by atoms with Crippen molar-refractivity contribution in [3.8, 4) is 0 Å². The number of hydroxylamine groups is 2. The minimum Gasteiger partial charge on any atom is -0.274 e. The molecular weight excluding hydrogens is 322 g/mol. The molecule has 100 valence electrons. The van der Waals surface area contributed by atoms with Crippen LogP contribution in [0.2, 0.25) is 0 Å². The molecule has 0 saturated heterocycles. The number of carbonyl (C=O) groups is 1. The zero-order valence-corrected chi connectivity index (χ0v) is 10.9. The van der Waals surface area contributed by atoms with Crippen LogP contribution in [0.3, 0.4) is 0 Å². The third-order valence-electron chi connectivity index (χ3n) is 2.17. The summed E-state index contributed by atoms with van der Waals surface area (Å²) in [5.74, 6) is -2.65. The van der Waals surface area contributed by atoms with Gasteiger partial charge in [-0.3, -0.25) is 9.63 Å². The van der Waals surface area contributed by atoms with Crippen LogP contribution in [0.4, 0.5) is 17.6 Å². The maximum absolute atomic E-state index is 13.7. The maximum atomic E-state index is 13.7. The lowest BCUT2D eigenvalue weighted by Gasteiger charge is -2.17. The van der Waals surface area contributed by atoms with Crippen molar-refractivity contribution in [3.63, 3.8) is 0 Å². The number of hydrogen-bond acceptors (Lipinski definition) is 2. The highest BCUT2D eigenvalue weighted by Gasteiger charge is 2.37. The van der Waals surface area contributed by atoms with Crippen LogP contribution in [0.15, 0.2) is 16.6 Å². The van der Waals surface area contributed by atoms with Gasteiger partial charge < -0.3 is 0 Å². The number of carbonyl (C=O) groups excluding carboxylic acids is 1. The summed E-state index contributed by atoms with van der Waals surface area (Å²) in [5.41, 5.74) is -2.23. The van der Waals surface area contributed by atoms with Gasteiger partial charge in [0.25, 0.3) is 5.91 Å². The van der Waals surface area contributed by atoms with E-state index in [1.165, 1.54) is 0 Å². The van der Waals surface area contributed by atoms with E-state index >= 15 is 0 Å². The number of hydrogen-bond donors (Lipinski definition) is 0. The molecule has 1 aromatic carbocycles. The van der Waals surface area contributed by atoms with Crippen LogP contribution < -0.4 is 0 Å². The lowest BCUT2D eigenvalue weighted by atomic mass is 10.1. The van der Waals surface area contributed by atoms with E-state index in [2.05, 4.69) is 20.8 Å². The second kappa shape index (κ2) is 5.23. The smallest absolute Gasteiger partial charge is 0.274 e. The van der Waals surface area contributed by atoms with E-state index < -0.39 is 29.0 Å². The van der Waals surface area contributed by atoms with Gasteiger partial charge in [0.15, 0.2) is 0 Å². The summed E-state index contributed by atoms with van der Waals surface area (Å²) < 4.78 is 51.1. The summed E-state index contributed by atoms with van der Waals surface area (Å²) in [7, 11) is 2.30. The average Bonchev–Trinajstić information content (AvgIpc) is 2.25. The number of amides is 1. The van der Waals surface area contributed by atoms with Crippen molar-refractivity contribution in [1.29, 1.82) is 0 Å². The van der Waals surface area contributed by atoms with E-state index in [1.807, 2.05) is 0 Å². The topological polar surface area (TPSA) is 29.5 Å². The predicted molar refractivity (Wildman–Crippen MR) is 58.2 cm³/mol. The molecule has 1 amide bonds. The van der Waals surface area contributed by atoms with Gasteiger partial charge in [0.1, 0.15) is 5.82 Å². The van der Waals surface area contributed by atoms with Gasteiger partial charge in [0.05, 0.1) is 18.2 Å². The summed E-state index contributed by atoms with van der Waals surface area (Å²) >= 11 is 2.84. The molecule has 0 bridgehead atoms. The van der Waals surface area contributed by atoms with Crippen molar-refractivity contribution in [3.05, 3.63) is 33.5 Å². The van der Waals surface area contributed by atoms with E-state index in [0.29, 0.717) is 11.1 Å². The largest absolute Gasteiger partial charge is 0.419 e. The van der Waals surface area contributed by atoms with Crippen LogP contribution in [-0.4, -0.2) is 25.1 Å². The molecule has 0 saturated carbocycles. The molecule has 0 aliphatic carbocycles. The van der Waals surface area contributed by atoms with Gasteiger partial charge in [-0.1, -0.05) is 0 Å². The molecule has 0 aliphatic rings. The minimum absolute atomic E-state index is 0.0816. The lowest BCUT2D eigenvalue weighted by Crippen LogP contribution is -2.27. The van der Waals surface area contributed by atoms with Crippen LogP contribution in [0.5, 0.6) is 0 Å². The highest BCUT2D eigenvalue weighted by Crippen LogP contribution is 2.35. The van der Waals surface area contributed by atoms with Crippen molar-refractivity contribution in [1.82, 2.24) is 5.06 Å². The Morgan fingerprint density at radius 1 is 1.39 bits per heavy atom. The summed E-state index contributed by atoms with van der Waals surface area (Å²) in [5, 5.41) is 0.628. The highest BCUT2D eigenvalue weighted by molar-refractivity contribution is 9.10. The lowest BCUT2D eigenvalue weighted by molar-refractivity contribution is -0.140. The number of benzene rings is 1. The normalized spacial score (nSPS) is 11.5. The fourth-order valence-corrected chi connectivity index (χ4v) is 1.68. The molecule has 0 aliphatic heterocycles. The molecule has 0 unspecified atom stereocenters. The van der Waals surface area contributed by atoms with Crippen molar-refractivity contribution < 1.29 is 27.2 Å².